The molecule has 5 nitrogen and oxygen atoms in total. The number of hydrogen-bond acceptors (Lipinski definition) is 4. The molecule has 0 saturated carbocycles. The van der Waals surface area contributed by atoms with Gasteiger partial charge in [0.25, 0.3) is 0 Å². The molecule has 1 fully saturated rings. The van der Waals surface area contributed by atoms with Crippen molar-refractivity contribution < 1.29 is 73.9 Å². The van der Waals surface area contributed by atoms with Crippen LogP contribution in [-0.4, -0.2) is 49.8 Å². The van der Waals surface area contributed by atoms with Gasteiger partial charge in [0.15, 0.2) is 0 Å². The first-order chi connectivity index (χ1) is 11.9. The first kappa shape index (κ1) is 24.6. The number of piperazine rings is 1. The van der Waals surface area contributed by atoms with Crippen LogP contribution in [0.15, 0.2) is 12.1 Å². The fraction of sp³-hybridized carbons (Fsp3) is 0.588. The number of ether oxygens (including phenoxy) is 1. The maximum absolute atomic E-state index is 12.8. The number of hydrogen-bond donors (Lipinski definition) is 1. The van der Waals surface area contributed by atoms with Crippen molar-refractivity contribution in [2.45, 2.75) is 39.6 Å². The Morgan fingerprint density at radius 3 is 2.22 bits per heavy atom. The van der Waals surface area contributed by atoms with Crippen molar-refractivity contribution in [3.05, 3.63) is 23.3 Å². The van der Waals surface area contributed by atoms with E-state index in [1.165, 1.54) is 6.07 Å². The summed E-state index contributed by atoms with van der Waals surface area (Å²) in [6.07, 6.45) is -1.32. The molecule has 1 saturated heterocycles. The van der Waals surface area contributed by atoms with Gasteiger partial charge in [0.1, 0.15) is 5.60 Å². The molecule has 1 aromatic carbocycles. The number of nitrogens with two attached hydrogens (primary N) is 1. The van der Waals surface area contributed by atoms with Gasteiger partial charge in [-0.1, -0.05) is 11.9 Å². The minimum absolute atomic E-state index is 0. The van der Waals surface area contributed by atoms with E-state index < -0.39 is 18.9 Å². The summed E-state index contributed by atoms with van der Waals surface area (Å²) < 4.78 is 43.7. The molecule has 0 bridgehead atoms. The Morgan fingerprint density at radius 2 is 1.74 bits per heavy atom. The molecule has 2 rings (SSSR count). The van der Waals surface area contributed by atoms with Crippen molar-refractivity contribution in [2.75, 3.05) is 36.8 Å². The predicted molar refractivity (Wildman–Crippen MR) is 98.4 cm³/mol. The van der Waals surface area contributed by atoms with Gasteiger partial charge in [-0.25, -0.2) is 4.79 Å². The molecule has 0 spiro atoms. The van der Waals surface area contributed by atoms with Crippen molar-refractivity contribution in [2.24, 2.45) is 0 Å². The summed E-state index contributed by atoms with van der Waals surface area (Å²) in [5.74, 6) is 0. The van der Waals surface area contributed by atoms with Gasteiger partial charge in [-0.3, -0.25) is 0 Å². The molecule has 0 radical (unpaired) electrons. The molecule has 2 N–H and O–H groups in total. The van der Waals surface area contributed by atoms with E-state index in [0.717, 1.165) is 5.56 Å². The van der Waals surface area contributed by atoms with Crippen LogP contribution >= 0.6 is 0 Å². The monoisotopic (exact) mass is 411 g/mol. The van der Waals surface area contributed by atoms with Crippen molar-refractivity contribution in [3.63, 3.8) is 0 Å². The van der Waals surface area contributed by atoms with Crippen LogP contribution in [0.25, 0.3) is 0 Å². The van der Waals surface area contributed by atoms with Crippen LogP contribution in [0.3, 0.4) is 0 Å². The SMILES string of the molecule is Cc1c(N)cc(C[B-](F)(F)F)cc1N1CCN(C(=O)OC(C)(C)C)CC1.[K+]. The molecule has 0 aromatic heterocycles. The third-order valence-electron chi connectivity index (χ3n) is 4.22. The van der Waals surface area contributed by atoms with Gasteiger partial charge >= 0.3 is 64.5 Å². The Balaban J connectivity index is 0.00000364. The van der Waals surface area contributed by atoms with E-state index in [4.69, 9.17) is 10.5 Å². The summed E-state index contributed by atoms with van der Waals surface area (Å²) in [5, 5.41) is 0. The van der Waals surface area contributed by atoms with Crippen LogP contribution in [0, 0.1) is 6.92 Å². The molecular formula is C17H26BF3KN3O2. The molecule has 1 amide bonds. The summed E-state index contributed by atoms with van der Waals surface area (Å²) in [6.45, 7) is 4.22. The van der Waals surface area contributed by atoms with Gasteiger partial charge in [-0.2, -0.15) is 0 Å². The van der Waals surface area contributed by atoms with Crippen molar-refractivity contribution >= 4 is 24.4 Å². The molecule has 10 heteroatoms. The number of carbonyl (C=O) groups is 1. The van der Waals surface area contributed by atoms with Gasteiger partial charge in [0.05, 0.1) is 0 Å². The summed E-state index contributed by atoms with van der Waals surface area (Å²) in [5.41, 5.74) is 7.34. The van der Waals surface area contributed by atoms with Crippen LogP contribution in [0.1, 0.15) is 31.9 Å². The van der Waals surface area contributed by atoms with Crippen LogP contribution in [0.4, 0.5) is 29.1 Å². The van der Waals surface area contributed by atoms with E-state index in [1.54, 1.807) is 38.7 Å². The number of halogens is 3. The Labute approximate surface area is 201 Å². The van der Waals surface area contributed by atoms with Crippen molar-refractivity contribution in [1.29, 1.82) is 0 Å². The second-order valence-electron chi connectivity index (χ2n) is 7.70. The Morgan fingerprint density at radius 1 is 1.19 bits per heavy atom. The maximum Gasteiger partial charge on any atom is 1.00 e. The minimum Gasteiger partial charge on any atom is -0.449 e. The largest absolute Gasteiger partial charge is 1.00 e. The average molecular weight is 411 g/mol. The van der Waals surface area contributed by atoms with E-state index in [1.807, 2.05) is 4.90 Å². The molecule has 0 aliphatic carbocycles. The van der Waals surface area contributed by atoms with Crippen LogP contribution in [0.2, 0.25) is 0 Å². The third-order valence-corrected chi connectivity index (χ3v) is 4.22. The third kappa shape index (κ3) is 7.49. The van der Waals surface area contributed by atoms with E-state index in [-0.39, 0.29) is 63.0 Å². The molecule has 146 valence electrons. The minimum atomic E-state index is -4.92. The topological polar surface area (TPSA) is 58.8 Å². The Hall–Kier alpha value is -0.419. The smallest absolute Gasteiger partial charge is 0.449 e. The molecule has 27 heavy (non-hydrogen) atoms. The summed E-state index contributed by atoms with van der Waals surface area (Å²) in [7, 11) is 0. The summed E-state index contributed by atoms with van der Waals surface area (Å²) in [6, 6.07) is 2.95. The number of anilines is 2. The molecule has 0 atom stereocenters. The van der Waals surface area contributed by atoms with Crippen molar-refractivity contribution in [3.8, 4) is 0 Å². The Bertz CT molecular complexity index is 673. The second-order valence-corrected chi connectivity index (χ2v) is 7.70. The first-order valence-corrected chi connectivity index (χ1v) is 8.68. The van der Waals surface area contributed by atoms with Crippen molar-refractivity contribution in [1.82, 2.24) is 4.90 Å². The Kier molecular flexibility index (Phi) is 8.56. The quantitative estimate of drug-likeness (QED) is 0.584. The standard InChI is InChI=1S/C17H26BF3N3O2.K/c1-12-14(22)9-13(11-18(19,20)21)10-15(12)23-5-7-24(8-6-23)16(25)26-17(2,3)4;/h9-10H,5-8,11,22H2,1-4H3;/q-1;+1. The van der Waals surface area contributed by atoms with E-state index in [2.05, 4.69) is 0 Å². The molecule has 1 heterocycles. The van der Waals surface area contributed by atoms with Gasteiger partial charge < -0.3 is 33.2 Å². The van der Waals surface area contributed by atoms with Gasteiger partial charge in [-0.05, 0) is 45.4 Å². The van der Waals surface area contributed by atoms with Crippen LogP contribution in [0.5, 0.6) is 0 Å². The molecule has 0 unspecified atom stereocenters. The van der Waals surface area contributed by atoms with E-state index >= 15 is 0 Å². The fourth-order valence-corrected chi connectivity index (χ4v) is 2.95. The molecule has 1 aliphatic heterocycles. The number of amides is 1. The zero-order valence-corrected chi connectivity index (χ0v) is 19.8. The molecule has 1 aromatic rings. The first-order valence-electron chi connectivity index (χ1n) is 8.68. The van der Waals surface area contributed by atoms with Gasteiger partial charge in [0.2, 0.25) is 0 Å². The number of benzene rings is 1. The van der Waals surface area contributed by atoms with Crippen LogP contribution in [-0.2, 0) is 11.1 Å². The molecule has 1 aliphatic rings. The zero-order chi connectivity index (χ0) is 19.7. The summed E-state index contributed by atoms with van der Waals surface area (Å²) in [4.78, 5) is 15.7. The normalized spacial score (nSPS) is 15.4. The molecular weight excluding hydrogens is 385 g/mol. The maximum atomic E-state index is 12.8. The van der Waals surface area contributed by atoms with Gasteiger partial charge in [-0.15, -0.1) is 0 Å². The summed E-state index contributed by atoms with van der Waals surface area (Å²) >= 11 is 0. The number of nitrogens with zero attached hydrogens (tertiary/aromatic N) is 2. The number of nitrogen functional groups attached to an aromatic ring is 1. The van der Waals surface area contributed by atoms with E-state index in [9.17, 15) is 17.7 Å². The fourth-order valence-electron chi connectivity index (χ4n) is 2.95. The second kappa shape index (κ2) is 9.39. The predicted octanol–water partition coefficient (Wildman–Crippen LogP) is 0.567. The number of rotatable bonds is 3. The van der Waals surface area contributed by atoms with Crippen LogP contribution < -0.4 is 62.0 Å². The zero-order valence-electron chi connectivity index (χ0n) is 16.7. The van der Waals surface area contributed by atoms with E-state index in [0.29, 0.717) is 37.6 Å². The van der Waals surface area contributed by atoms with Gasteiger partial charge in [0, 0.05) is 37.6 Å². The number of carbonyl (C=O) groups excluding carboxylic acids is 1. The average Bonchev–Trinajstić information content (AvgIpc) is 2.47.